The number of anilines is 4. The minimum atomic E-state index is -4.37. The van der Waals surface area contributed by atoms with Crippen molar-refractivity contribution in [2.24, 2.45) is 11.8 Å². The lowest BCUT2D eigenvalue weighted by Gasteiger charge is -2.34. The fourth-order valence-electron chi connectivity index (χ4n) is 5.82. The number of alkyl halides is 3. The first-order valence-electron chi connectivity index (χ1n) is 12.6. The summed E-state index contributed by atoms with van der Waals surface area (Å²) in [7, 11) is 1.97. The first-order valence-corrected chi connectivity index (χ1v) is 13.4. The number of nitrogens with one attached hydrogen (secondary N) is 1. The zero-order chi connectivity index (χ0) is 23.9. The third-order valence-electron chi connectivity index (χ3n) is 7.78. The maximum Gasteiger partial charge on any atom is 0.416 e. The molecule has 1 saturated carbocycles. The lowest BCUT2D eigenvalue weighted by molar-refractivity contribution is -0.137. The van der Waals surface area contributed by atoms with Gasteiger partial charge in [0.1, 0.15) is 0 Å². The molecule has 34 heavy (non-hydrogen) atoms. The average Bonchev–Trinajstić information content (AvgIpc) is 3.36. The molecule has 184 valence electrons. The number of rotatable bonds is 5. The van der Waals surface area contributed by atoms with Gasteiger partial charge < -0.3 is 15.1 Å². The van der Waals surface area contributed by atoms with E-state index in [2.05, 4.69) is 40.2 Å². The number of nitrogens with zero attached hydrogens (tertiary/aromatic N) is 2. The Balaban J connectivity index is 1.46. The van der Waals surface area contributed by atoms with Gasteiger partial charge in [0.2, 0.25) is 0 Å². The summed E-state index contributed by atoms with van der Waals surface area (Å²) in [6.45, 7) is 5.05. The molecule has 0 radical (unpaired) electrons. The fraction of sp³-hybridized carbons (Fsp3) is 0.556. The van der Waals surface area contributed by atoms with Gasteiger partial charge in [-0.3, -0.25) is 0 Å². The van der Waals surface area contributed by atoms with Gasteiger partial charge in [0.25, 0.3) is 0 Å². The third kappa shape index (κ3) is 4.73. The van der Waals surface area contributed by atoms with E-state index >= 15 is 0 Å². The molecule has 0 spiro atoms. The van der Waals surface area contributed by atoms with Gasteiger partial charge in [-0.15, -0.1) is 0 Å². The summed E-state index contributed by atoms with van der Waals surface area (Å²) in [6, 6.07) is 9.04. The third-order valence-corrected chi connectivity index (χ3v) is 8.86. The molecule has 2 atom stereocenters. The van der Waals surface area contributed by atoms with Crippen LogP contribution in [0, 0.1) is 11.8 Å². The molecule has 2 aliphatic heterocycles. The van der Waals surface area contributed by atoms with Crippen LogP contribution < -0.4 is 15.1 Å². The van der Waals surface area contributed by atoms with Crippen LogP contribution in [0.5, 0.6) is 0 Å². The summed E-state index contributed by atoms with van der Waals surface area (Å²) in [6.07, 6.45) is 4.00. The summed E-state index contributed by atoms with van der Waals surface area (Å²) >= 11 is 1.46. The van der Waals surface area contributed by atoms with Crippen molar-refractivity contribution in [3.8, 4) is 0 Å². The van der Waals surface area contributed by atoms with E-state index in [9.17, 15) is 13.2 Å². The molecule has 2 heterocycles. The molecule has 0 bridgehead atoms. The van der Waals surface area contributed by atoms with Crippen molar-refractivity contribution < 1.29 is 13.2 Å². The standard InChI is InChI=1S/C27H34F3N3S/c1-3-18-7-6-8-19(13-18)17-31-22-14-20(27(28,29)30)15-25-26(22)32(2)23-10-9-21(16-24(23)34-25)33-11-4-5-12-33/h9-10,14-16,18-19,31H,3-8,11-13,17H2,1-2H3. The first kappa shape index (κ1) is 23.7. The molecule has 3 aliphatic rings. The normalized spacial score (nSPS) is 22.5. The minimum Gasteiger partial charge on any atom is -0.383 e. The summed E-state index contributed by atoms with van der Waals surface area (Å²) in [5, 5.41) is 3.45. The van der Waals surface area contributed by atoms with Gasteiger partial charge in [-0.05, 0) is 67.9 Å². The Kier molecular flexibility index (Phi) is 6.66. The van der Waals surface area contributed by atoms with Crippen LogP contribution in [-0.4, -0.2) is 26.7 Å². The van der Waals surface area contributed by atoms with Crippen LogP contribution in [0.15, 0.2) is 40.1 Å². The quantitative estimate of drug-likeness (QED) is 0.456. The number of hydrogen-bond acceptors (Lipinski definition) is 4. The Morgan fingerprint density at radius 3 is 2.50 bits per heavy atom. The Morgan fingerprint density at radius 2 is 1.76 bits per heavy atom. The van der Waals surface area contributed by atoms with Gasteiger partial charge in [-0.25, -0.2) is 0 Å². The Morgan fingerprint density at radius 1 is 1.00 bits per heavy atom. The van der Waals surface area contributed by atoms with Crippen molar-refractivity contribution in [2.75, 3.05) is 41.8 Å². The minimum absolute atomic E-state index is 0.515. The van der Waals surface area contributed by atoms with Crippen LogP contribution in [0.2, 0.25) is 0 Å². The molecule has 2 aromatic rings. The smallest absolute Gasteiger partial charge is 0.383 e. The van der Waals surface area contributed by atoms with Crippen LogP contribution in [-0.2, 0) is 6.18 Å². The van der Waals surface area contributed by atoms with Crippen molar-refractivity contribution >= 4 is 34.5 Å². The second-order valence-corrected chi connectivity index (χ2v) is 11.1. The Bertz CT molecular complexity index is 1030. The highest BCUT2D eigenvalue weighted by Gasteiger charge is 2.35. The predicted octanol–water partition coefficient (Wildman–Crippen LogP) is 8.17. The molecule has 2 fully saturated rings. The molecule has 0 amide bonds. The molecule has 3 nitrogen and oxygen atoms in total. The van der Waals surface area contributed by atoms with Gasteiger partial charge >= 0.3 is 6.18 Å². The molecular formula is C27H34F3N3S. The molecule has 1 N–H and O–H groups in total. The summed E-state index contributed by atoms with van der Waals surface area (Å²) < 4.78 is 41.5. The highest BCUT2D eigenvalue weighted by molar-refractivity contribution is 7.99. The average molecular weight is 490 g/mol. The predicted molar refractivity (Wildman–Crippen MR) is 136 cm³/mol. The zero-order valence-corrected chi connectivity index (χ0v) is 20.9. The van der Waals surface area contributed by atoms with E-state index in [1.807, 2.05) is 7.05 Å². The van der Waals surface area contributed by atoms with Crippen molar-refractivity contribution in [1.82, 2.24) is 0 Å². The zero-order valence-electron chi connectivity index (χ0n) is 20.0. The maximum absolute atomic E-state index is 13.8. The Hall–Kier alpha value is -2.02. The van der Waals surface area contributed by atoms with Gasteiger partial charge in [0, 0.05) is 42.2 Å². The van der Waals surface area contributed by atoms with E-state index in [-0.39, 0.29) is 0 Å². The summed E-state index contributed by atoms with van der Waals surface area (Å²) in [5.41, 5.74) is 3.07. The molecule has 7 heteroatoms. The van der Waals surface area contributed by atoms with Gasteiger partial charge in [0.15, 0.2) is 0 Å². The van der Waals surface area contributed by atoms with Crippen molar-refractivity contribution in [2.45, 2.75) is 67.8 Å². The second kappa shape index (κ2) is 9.56. The van der Waals surface area contributed by atoms with Crippen LogP contribution in [0.25, 0.3) is 0 Å². The Labute approximate surface area is 205 Å². The van der Waals surface area contributed by atoms with Gasteiger partial charge in [-0.1, -0.05) is 37.9 Å². The lowest BCUT2D eigenvalue weighted by atomic mass is 9.80. The highest BCUT2D eigenvalue weighted by atomic mass is 32.2. The highest BCUT2D eigenvalue weighted by Crippen LogP contribution is 2.53. The number of fused-ring (bicyclic) bond motifs is 2. The topological polar surface area (TPSA) is 18.5 Å². The summed E-state index contributed by atoms with van der Waals surface area (Å²) in [5.74, 6) is 1.26. The SMILES string of the molecule is CCC1CCCC(CNc2cc(C(F)(F)F)cc3c2N(C)c2ccc(N4CCCC4)cc2S3)C1. The molecule has 5 rings (SSSR count). The van der Waals surface area contributed by atoms with Crippen LogP contribution >= 0.6 is 11.8 Å². The maximum atomic E-state index is 13.8. The van der Waals surface area contributed by atoms with E-state index in [1.54, 1.807) is 0 Å². The van der Waals surface area contributed by atoms with E-state index in [0.717, 1.165) is 60.4 Å². The largest absolute Gasteiger partial charge is 0.416 e. The molecule has 1 aliphatic carbocycles. The van der Waals surface area contributed by atoms with Crippen LogP contribution in [0.3, 0.4) is 0 Å². The molecule has 1 saturated heterocycles. The first-order chi connectivity index (χ1) is 16.3. The van der Waals surface area contributed by atoms with E-state index < -0.39 is 11.7 Å². The van der Waals surface area contributed by atoms with E-state index in [1.165, 1.54) is 56.0 Å². The second-order valence-electron chi connectivity index (χ2n) is 10.1. The van der Waals surface area contributed by atoms with Crippen LogP contribution in [0.1, 0.15) is 57.4 Å². The molecule has 2 unspecified atom stereocenters. The molecule has 0 aromatic heterocycles. The monoisotopic (exact) mass is 489 g/mol. The summed E-state index contributed by atoms with van der Waals surface area (Å²) in [4.78, 5) is 6.11. The van der Waals surface area contributed by atoms with Gasteiger partial charge in [0.05, 0.1) is 22.6 Å². The lowest BCUT2D eigenvalue weighted by Crippen LogP contribution is -2.24. The van der Waals surface area contributed by atoms with Crippen LogP contribution in [0.4, 0.5) is 35.9 Å². The van der Waals surface area contributed by atoms with Crippen molar-refractivity contribution in [1.29, 1.82) is 0 Å². The number of benzene rings is 2. The van der Waals surface area contributed by atoms with Crippen molar-refractivity contribution in [3.05, 3.63) is 35.9 Å². The molecular weight excluding hydrogens is 455 g/mol. The van der Waals surface area contributed by atoms with Gasteiger partial charge in [-0.2, -0.15) is 13.2 Å². The molecule has 2 aromatic carbocycles. The fourth-order valence-corrected chi connectivity index (χ4v) is 7.07. The van der Waals surface area contributed by atoms with E-state index in [4.69, 9.17) is 0 Å². The van der Waals surface area contributed by atoms with E-state index in [0.29, 0.717) is 16.5 Å². The van der Waals surface area contributed by atoms with Crippen molar-refractivity contribution in [3.63, 3.8) is 0 Å². The number of halogens is 3. The number of hydrogen-bond donors (Lipinski definition) is 1.